The van der Waals surface area contributed by atoms with Crippen LogP contribution in [0.3, 0.4) is 0 Å². The molecule has 0 aliphatic heterocycles. The first-order valence-corrected chi connectivity index (χ1v) is 9.73. The zero-order chi connectivity index (χ0) is 21.1. The number of ether oxygens (including phenoxy) is 1. The van der Waals surface area contributed by atoms with E-state index in [-0.39, 0.29) is 17.5 Å². The summed E-state index contributed by atoms with van der Waals surface area (Å²) in [6.45, 7) is 11.0. The van der Waals surface area contributed by atoms with Crippen molar-refractivity contribution in [3.8, 4) is 5.75 Å². The minimum Gasteiger partial charge on any atom is -0.497 e. The average Bonchev–Trinajstić information content (AvgIpc) is 3.08. The monoisotopic (exact) mass is 386 g/mol. The van der Waals surface area contributed by atoms with Crippen LogP contribution in [0.2, 0.25) is 0 Å². The minimum atomic E-state index is -0.176. The van der Waals surface area contributed by atoms with Crippen molar-refractivity contribution in [3.63, 3.8) is 0 Å². The number of hydrogen-bond donors (Lipinski definition) is 1. The fourth-order valence-electron chi connectivity index (χ4n) is 3.18. The van der Waals surface area contributed by atoms with Crippen molar-refractivity contribution >= 4 is 5.91 Å². The van der Waals surface area contributed by atoms with E-state index in [2.05, 4.69) is 49.9 Å². The van der Waals surface area contributed by atoms with Crippen LogP contribution in [0.15, 0.2) is 30.3 Å². The third kappa shape index (κ3) is 5.13. The van der Waals surface area contributed by atoms with Gasteiger partial charge in [-0.3, -0.25) is 9.48 Å². The first-order valence-electron chi connectivity index (χ1n) is 9.73. The second-order valence-corrected chi connectivity index (χ2v) is 8.66. The maximum absolute atomic E-state index is 12.8. The van der Waals surface area contributed by atoms with Gasteiger partial charge in [0.1, 0.15) is 11.4 Å². The van der Waals surface area contributed by atoms with Crippen molar-refractivity contribution in [2.24, 2.45) is 0 Å². The van der Waals surface area contributed by atoms with E-state index in [1.807, 2.05) is 49.1 Å². The normalized spacial score (nSPS) is 13.1. The number of hydrogen-bond acceptors (Lipinski definition) is 4. The summed E-state index contributed by atoms with van der Waals surface area (Å²) in [6, 6.07) is 9.87. The topological polar surface area (TPSA) is 59.4 Å². The number of nitrogens with one attached hydrogen (secondary N) is 1. The highest BCUT2D eigenvalue weighted by atomic mass is 16.5. The van der Waals surface area contributed by atoms with Crippen molar-refractivity contribution < 1.29 is 9.53 Å². The van der Waals surface area contributed by atoms with Gasteiger partial charge in [0, 0.05) is 12.2 Å². The van der Waals surface area contributed by atoms with Crippen molar-refractivity contribution in [1.82, 2.24) is 20.0 Å². The van der Waals surface area contributed by atoms with E-state index in [4.69, 9.17) is 4.74 Å². The fourth-order valence-corrected chi connectivity index (χ4v) is 3.18. The largest absolute Gasteiger partial charge is 0.497 e. The molecule has 0 aliphatic carbocycles. The summed E-state index contributed by atoms with van der Waals surface area (Å²) in [6.07, 6.45) is 0. The van der Waals surface area contributed by atoms with Gasteiger partial charge in [-0.2, -0.15) is 5.10 Å². The van der Waals surface area contributed by atoms with Gasteiger partial charge >= 0.3 is 0 Å². The molecule has 1 amide bonds. The first-order chi connectivity index (χ1) is 13.0. The summed E-state index contributed by atoms with van der Waals surface area (Å²) >= 11 is 0. The number of nitrogens with zero attached hydrogens (tertiary/aromatic N) is 3. The van der Waals surface area contributed by atoms with Crippen LogP contribution in [0.25, 0.3) is 0 Å². The number of aromatic nitrogens is 2. The van der Waals surface area contributed by atoms with E-state index in [1.165, 1.54) is 0 Å². The predicted molar refractivity (Wildman–Crippen MR) is 113 cm³/mol. The molecule has 154 valence electrons. The number of benzene rings is 1. The van der Waals surface area contributed by atoms with Crippen LogP contribution in [0.1, 0.15) is 68.3 Å². The van der Waals surface area contributed by atoms with Crippen molar-refractivity contribution in [3.05, 3.63) is 47.3 Å². The molecule has 1 aromatic heterocycles. The lowest BCUT2D eigenvalue weighted by Crippen LogP contribution is -2.35. The lowest BCUT2D eigenvalue weighted by molar-refractivity contribution is 0.0935. The summed E-state index contributed by atoms with van der Waals surface area (Å²) < 4.78 is 7.29. The third-order valence-electron chi connectivity index (χ3n) is 4.75. The Morgan fingerprint density at radius 1 is 1.25 bits per heavy atom. The Morgan fingerprint density at radius 2 is 1.93 bits per heavy atom. The maximum Gasteiger partial charge on any atom is 0.271 e. The molecular weight excluding hydrogens is 352 g/mol. The molecule has 0 fully saturated rings. The van der Waals surface area contributed by atoms with Crippen LogP contribution >= 0.6 is 0 Å². The van der Waals surface area contributed by atoms with E-state index >= 15 is 0 Å². The molecule has 0 bridgehead atoms. The third-order valence-corrected chi connectivity index (χ3v) is 4.75. The Bertz CT molecular complexity index is 803. The van der Waals surface area contributed by atoms with Gasteiger partial charge < -0.3 is 15.0 Å². The molecule has 0 aliphatic rings. The van der Waals surface area contributed by atoms with Crippen molar-refractivity contribution in [2.75, 3.05) is 27.7 Å². The molecule has 1 N–H and O–H groups in total. The Hall–Kier alpha value is -2.34. The molecule has 0 saturated carbocycles. The van der Waals surface area contributed by atoms with Crippen LogP contribution in [0.5, 0.6) is 5.75 Å². The predicted octanol–water partition coefficient (Wildman–Crippen LogP) is 3.80. The van der Waals surface area contributed by atoms with Crippen LogP contribution in [-0.4, -0.2) is 48.3 Å². The van der Waals surface area contributed by atoms with Crippen LogP contribution in [0, 0.1) is 0 Å². The highest BCUT2D eigenvalue weighted by Gasteiger charge is 2.24. The number of methoxy groups -OCH3 is 1. The summed E-state index contributed by atoms with van der Waals surface area (Å²) in [5.74, 6) is 0.945. The lowest BCUT2D eigenvalue weighted by atomic mass is 10.0. The van der Waals surface area contributed by atoms with E-state index in [0.717, 1.165) is 17.0 Å². The molecule has 1 heterocycles. The molecule has 6 heteroatoms. The first kappa shape index (κ1) is 22.0. The van der Waals surface area contributed by atoms with Crippen molar-refractivity contribution in [1.29, 1.82) is 0 Å². The summed E-state index contributed by atoms with van der Waals surface area (Å²) in [5, 5.41) is 7.65. The van der Waals surface area contributed by atoms with Gasteiger partial charge in [0.15, 0.2) is 0 Å². The number of likely N-dealkylation sites (N-methyl/N-ethyl adjacent to an activating group) is 1. The van der Waals surface area contributed by atoms with Gasteiger partial charge in [0.25, 0.3) is 5.91 Å². The van der Waals surface area contributed by atoms with Gasteiger partial charge in [-0.05, 0) is 64.5 Å². The summed E-state index contributed by atoms with van der Waals surface area (Å²) in [5.41, 5.74) is 2.44. The van der Waals surface area contributed by atoms with Crippen LogP contribution in [0.4, 0.5) is 0 Å². The lowest BCUT2D eigenvalue weighted by Gasteiger charge is -2.25. The average molecular weight is 387 g/mol. The van der Waals surface area contributed by atoms with Crippen LogP contribution in [-0.2, 0) is 5.54 Å². The molecule has 1 aromatic carbocycles. The zero-order valence-electron chi connectivity index (χ0n) is 18.4. The number of carbonyl (C=O) groups excluding carboxylic acids is 1. The zero-order valence-corrected chi connectivity index (χ0v) is 18.4. The molecule has 28 heavy (non-hydrogen) atoms. The number of carbonyl (C=O) groups is 1. The highest BCUT2D eigenvalue weighted by molar-refractivity contribution is 5.92. The molecule has 0 spiro atoms. The second kappa shape index (κ2) is 8.78. The molecule has 0 radical (unpaired) electrons. The Morgan fingerprint density at radius 3 is 2.43 bits per heavy atom. The maximum atomic E-state index is 12.8. The molecule has 1 unspecified atom stereocenters. The van der Waals surface area contributed by atoms with Gasteiger partial charge in [-0.15, -0.1) is 0 Å². The molecular formula is C22H34N4O2. The van der Waals surface area contributed by atoms with Crippen LogP contribution < -0.4 is 10.1 Å². The minimum absolute atomic E-state index is 0.0355. The fraction of sp³-hybridized carbons (Fsp3) is 0.545. The Labute approximate surface area is 168 Å². The van der Waals surface area contributed by atoms with Crippen molar-refractivity contribution in [2.45, 2.75) is 52.1 Å². The highest BCUT2D eigenvalue weighted by Crippen LogP contribution is 2.24. The molecule has 6 nitrogen and oxygen atoms in total. The molecule has 1 atom stereocenters. The smallest absolute Gasteiger partial charge is 0.271 e. The summed E-state index contributed by atoms with van der Waals surface area (Å²) in [4.78, 5) is 14.9. The van der Waals surface area contributed by atoms with Gasteiger partial charge in [-0.1, -0.05) is 26.0 Å². The quantitative estimate of drug-likeness (QED) is 0.786. The number of rotatable bonds is 7. The SMILES string of the molecule is COc1cccc(C(CNC(=O)c2cc(C(C)C)n(C(C)(C)C)n2)N(C)C)c1. The van der Waals surface area contributed by atoms with Gasteiger partial charge in [0.05, 0.1) is 18.7 Å². The van der Waals surface area contributed by atoms with E-state index in [1.54, 1.807) is 7.11 Å². The molecule has 0 saturated heterocycles. The Balaban J connectivity index is 2.19. The summed E-state index contributed by atoms with van der Waals surface area (Å²) in [7, 11) is 5.66. The Kier molecular flexibility index (Phi) is 6.88. The molecule has 2 rings (SSSR count). The second-order valence-electron chi connectivity index (χ2n) is 8.66. The van der Waals surface area contributed by atoms with E-state index < -0.39 is 0 Å². The van der Waals surface area contributed by atoms with Gasteiger partial charge in [-0.25, -0.2) is 0 Å². The standard InChI is InChI=1S/C22H34N4O2/c1-15(2)19-13-18(24-26(19)22(3,4)5)21(27)23-14-20(25(6)7)16-10-9-11-17(12-16)28-8/h9-13,15,20H,14H2,1-8H3,(H,23,27). The molecule has 2 aromatic rings. The number of amides is 1. The van der Waals surface area contributed by atoms with E-state index in [0.29, 0.717) is 18.2 Å². The van der Waals surface area contributed by atoms with Gasteiger partial charge in [0.2, 0.25) is 0 Å². The van der Waals surface area contributed by atoms with E-state index in [9.17, 15) is 4.79 Å².